The largest absolute Gasteiger partial charge is 0.497 e. The van der Waals surface area contributed by atoms with Crippen molar-refractivity contribution in [3.63, 3.8) is 0 Å². The molecule has 0 aliphatic heterocycles. The van der Waals surface area contributed by atoms with Gasteiger partial charge in [-0.05, 0) is 42.5 Å². The van der Waals surface area contributed by atoms with Crippen LogP contribution in [0, 0.1) is 0 Å². The summed E-state index contributed by atoms with van der Waals surface area (Å²) in [7, 11) is 1.55. The van der Waals surface area contributed by atoms with Gasteiger partial charge in [-0.25, -0.2) is 18.3 Å². The fourth-order valence-corrected chi connectivity index (χ4v) is 3.15. The Morgan fingerprint density at radius 3 is 2.42 bits per heavy atom. The van der Waals surface area contributed by atoms with E-state index in [1.54, 1.807) is 55.9 Å². The van der Waals surface area contributed by atoms with E-state index >= 15 is 0 Å². The lowest BCUT2D eigenvalue weighted by Gasteiger charge is -2.08. The maximum absolute atomic E-state index is 13.8. The maximum atomic E-state index is 13.8. The number of halogens is 2. The van der Waals surface area contributed by atoms with Gasteiger partial charge in [0.15, 0.2) is 5.65 Å². The fourth-order valence-electron chi connectivity index (χ4n) is 3.15. The number of aromatic nitrogens is 6. The lowest BCUT2D eigenvalue weighted by molar-refractivity contribution is 0.143. The number of nitrogens with zero attached hydrogens (tertiary/aromatic N) is 6. The van der Waals surface area contributed by atoms with Crippen LogP contribution in [-0.4, -0.2) is 36.9 Å². The Bertz CT molecular complexity index is 1350. The molecule has 0 saturated carbocycles. The molecule has 4 heterocycles. The molecule has 8 nitrogen and oxygen atoms in total. The van der Waals surface area contributed by atoms with Gasteiger partial charge in [0.2, 0.25) is 5.89 Å². The van der Waals surface area contributed by atoms with Crippen LogP contribution in [0.1, 0.15) is 12.1 Å². The van der Waals surface area contributed by atoms with Crippen molar-refractivity contribution in [3.05, 3.63) is 66.7 Å². The number of benzene rings is 1. The quantitative estimate of drug-likeness (QED) is 0.415. The highest BCUT2D eigenvalue weighted by Gasteiger charge is 2.22. The van der Waals surface area contributed by atoms with Crippen molar-refractivity contribution >= 4 is 5.65 Å². The molecule has 4 aromatic heterocycles. The molecule has 5 aromatic rings. The summed E-state index contributed by atoms with van der Waals surface area (Å²) in [6.07, 6.45) is 1.83. The molecule has 0 aliphatic rings. The van der Waals surface area contributed by atoms with Crippen LogP contribution >= 0.6 is 0 Å². The average Bonchev–Trinajstić information content (AvgIpc) is 3.46. The molecule has 31 heavy (non-hydrogen) atoms. The number of methoxy groups -OCH3 is 1. The minimum Gasteiger partial charge on any atom is -0.497 e. The molecule has 154 valence electrons. The predicted octanol–water partition coefficient (Wildman–Crippen LogP) is 4.45. The Morgan fingerprint density at radius 1 is 0.968 bits per heavy atom. The van der Waals surface area contributed by atoms with Crippen molar-refractivity contribution < 1.29 is 17.9 Å². The van der Waals surface area contributed by atoms with E-state index < -0.39 is 6.43 Å². The zero-order valence-electron chi connectivity index (χ0n) is 16.1. The second-order valence-electron chi connectivity index (χ2n) is 6.54. The highest BCUT2D eigenvalue weighted by atomic mass is 19.3. The van der Waals surface area contributed by atoms with E-state index in [2.05, 4.69) is 25.3 Å². The van der Waals surface area contributed by atoms with Gasteiger partial charge in [-0.15, -0.1) is 10.2 Å². The molecule has 0 bridgehead atoms. The number of hydrogen-bond acceptors (Lipinski definition) is 7. The molecule has 0 N–H and O–H groups in total. The lowest BCUT2D eigenvalue weighted by Crippen LogP contribution is -2.02. The van der Waals surface area contributed by atoms with Crippen LogP contribution in [0.3, 0.4) is 0 Å². The van der Waals surface area contributed by atoms with Gasteiger partial charge in [0.05, 0.1) is 19.0 Å². The normalized spacial score (nSPS) is 11.4. The molecule has 0 fully saturated rings. The second-order valence-corrected chi connectivity index (χ2v) is 6.54. The number of fused-ring (bicyclic) bond motifs is 1. The maximum Gasteiger partial charge on any atom is 0.280 e. The Kier molecular flexibility index (Phi) is 4.58. The average molecular weight is 420 g/mol. The first-order valence-electron chi connectivity index (χ1n) is 9.19. The van der Waals surface area contributed by atoms with E-state index in [0.717, 1.165) is 4.52 Å². The third-order valence-electron chi connectivity index (χ3n) is 4.69. The molecule has 0 saturated heterocycles. The van der Waals surface area contributed by atoms with Gasteiger partial charge >= 0.3 is 0 Å². The number of alkyl halides is 2. The van der Waals surface area contributed by atoms with E-state index in [-0.39, 0.29) is 23.1 Å². The van der Waals surface area contributed by atoms with Crippen molar-refractivity contribution in [1.82, 2.24) is 29.8 Å². The van der Waals surface area contributed by atoms with Crippen molar-refractivity contribution in [2.75, 3.05) is 7.11 Å². The Morgan fingerprint density at radius 2 is 1.71 bits per heavy atom. The lowest BCUT2D eigenvalue weighted by atomic mass is 10.1. The molecule has 0 unspecified atom stereocenters. The van der Waals surface area contributed by atoms with Crippen molar-refractivity contribution in [2.24, 2.45) is 0 Å². The van der Waals surface area contributed by atoms with Crippen LogP contribution in [0.15, 0.2) is 65.5 Å². The van der Waals surface area contributed by atoms with Gasteiger partial charge in [0.1, 0.15) is 17.0 Å². The van der Waals surface area contributed by atoms with Crippen LogP contribution in [0.2, 0.25) is 0 Å². The van der Waals surface area contributed by atoms with Gasteiger partial charge in [-0.3, -0.25) is 4.98 Å². The topological polar surface area (TPSA) is 91.2 Å². The number of ether oxygens (including phenoxy) is 1. The van der Waals surface area contributed by atoms with E-state index in [1.807, 2.05) is 0 Å². The van der Waals surface area contributed by atoms with E-state index in [1.165, 1.54) is 12.3 Å². The fraction of sp³-hybridized carbons (Fsp3) is 0.0952. The van der Waals surface area contributed by atoms with Gasteiger partial charge in [-0.2, -0.15) is 5.10 Å². The minimum absolute atomic E-state index is 0.126. The molecule has 0 aliphatic carbocycles. The van der Waals surface area contributed by atoms with Crippen molar-refractivity contribution in [2.45, 2.75) is 6.43 Å². The molecule has 10 heteroatoms. The van der Waals surface area contributed by atoms with Crippen LogP contribution in [0.4, 0.5) is 8.78 Å². The molecule has 1 aromatic carbocycles. The summed E-state index contributed by atoms with van der Waals surface area (Å²) in [5.41, 5.74) is 1.95. The molecule has 5 rings (SSSR count). The highest BCUT2D eigenvalue weighted by Crippen LogP contribution is 2.31. The molecule has 0 spiro atoms. The number of pyridine rings is 1. The highest BCUT2D eigenvalue weighted by molar-refractivity contribution is 5.75. The summed E-state index contributed by atoms with van der Waals surface area (Å²) in [4.78, 5) is 8.50. The number of rotatable bonds is 5. The molecular weight excluding hydrogens is 406 g/mol. The first-order valence-corrected chi connectivity index (χ1v) is 9.19. The SMILES string of the molecule is COc1ccc(-c2cc(C(F)F)n3ncc(-c4nnc(-c5ccncc5)o4)c3n2)cc1. The van der Waals surface area contributed by atoms with E-state index in [4.69, 9.17) is 9.15 Å². The summed E-state index contributed by atoms with van der Waals surface area (Å²) in [5, 5.41) is 12.2. The molecular formula is C21H14F2N6O2. The van der Waals surface area contributed by atoms with Crippen LogP contribution < -0.4 is 4.74 Å². The summed E-state index contributed by atoms with van der Waals surface area (Å²) >= 11 is 0. The zero-order chi connectivity index (χ0) is 21.4. The van der Waals surface area contributed by atoms with Crippen molar-refractivity contribution in [1.29, 1.82) is 0 Å². The Balaban J connectivity index is 1.64. The summed E-state index contributed by atoms with van der Waals surface area (Å²) < 4.78 is 39.6. The van der Waals surface area contributed by atoms with Gasteiger partial charge in [-0.1, -0.05) is 0 Å². The summed E-state index contributed by atoms with van der Waals surface area (Å²) in [6, 6.07) is 11.7. The first-order chi connectivity index (χ1) is 15.1. The Hall–Kier alpha value is -4.21. The molecule has 0 radical (unpaired) electrons. The van der Waals surface area contributed by atoms with Gasteiger partial charge in [0, 0.05) is 23.5 Å². The minimum atomic E-state index is -2.76. The second kappa shape index (κ2) is 7.56. The van der Waals surface area contributed by atoms with Gasteiger partial charge < -0.3 is 9.15 Å². The van der Waals surface area contributed by atoms with Crippen LogP contribution in [-0.2, 0) is 0 Å². The predicted molar refractivity (Wildman–Crippen MR) is 106 cm³/mol. The third-order valence-corrected chi connectivity index (χ3v) is 4.69. The number of hydrogen-bond donors (Lipinski definition) is 0. The third kappa shape index (κ3) is 3.37. The summed E-state index contributed by atoms with van der Waals surface area (Å²) in [5.74, 6) is 1.05. The van der Waals surface area contributed by atoms with Crippen LogP contribution in [0.5, 0.6) is 5.75 Å². The smallest absolute Gasteiger partial charge is 0.280 e. The monoisotopic (exact) mass is 420 g/mol. The van der Waals surface area contributed by atoms with E-state index in [0.29, 0.717) is 28.1 Å². The zero-order valence-corrected chi connectivity index (χ0v) is 16.1. The molecule has 0 amide bonds. The van der Waals surface area contributed by atoms with E-state index in [9.17, 15) is 8.78 Å². The molecule has 0 atom stereocenters. The summed E-state index contributed by atoms with van der Waals surface area (Å²) in [6.45, 7) is 0. The van der Waals surface area contributed by atoms with Crippen LogP contribution in [0.25, 0.3) is 39.8 Å². The van der Waals surface area contributed by atoms with Gasteiger partial charge in [0.25, 0.3) is 12.3 Å². The standard InChI is InChI=1S/C21H14F2N6O2/c1-30-14-4-2-12(3-5-14)16-10-17(18(22)23)29-19(26-16)15(11-25-29)21-28-27-20(31-21)13-6-8-24-9-7-13/h2-11,18H,1H3. The Labute approximate surface area is 174 Å². The first kappa shape index (κ1) is 18.8. The van der Waals surface area contributed by atoms with Crippen molar-refractivity contribution in [3.8, 4) is 39.9 Å².